The van der Waals surface area contributed by atoms with Crippen LogP contribution in [0.5, 0.6) is 16.7 Å². The Labute approximate surface area is 186 Å². The Morgan fingerprint density at radius 2 is 1.71 bits per heavy atom. The van der Waals surface area contributed by atoms with Crippen LogP contribution in [-0.4, -0.2) is 40.2 Å². The van der Waals surface area contributed by atoms with Gasteiger partial charge in [-0.25, -0.2) is 4.98 Å². The number of ether oxygens (including phenoxy) is 2. The molecule has 5 nitrogen and oxygen atoms in total. The molecule has 1 aliphatic rings. The summed E-state index contributed by atoms with van der Waals surface area (Å²) in [5, 5.41) is 0.662. The van der Waals surface area contributed by atoms with Crippen molar-refractivity contribution in [3.8, 4) is 16.7 Å². The van der Waals surface area contributed by atoms with Crippen LogP contribution in [0.2, 0.25) is 0 Å². The van der Waals surface area contributed by atoms with E-state index in [2.05, 4.69) is 45.0 Å². The summed E-state index contributed by atoms with van der Waals surface area (Å²) in [4.78, 5) is 7.10. The van der Waals surface area contributed by atoms with Crippen molar-refractivity contribution in [1.82, 2.24) is 14.5 Å². The molecule has 4 aromatic rings. The molecule has 0 bridgehead atoms. The van der Waals surface area contributed by atoms with Crippen molar-refractivity contribution in [3.63, 3.8) is 0 Å². The molecule has 6 heteroatoms. The van der Waals surface area contributed by atoms with E-state index in [1.165, 1.54) is 19.3 Å². The van der Waals surface area contributed by atoms with Crippen LogP contribution in [0, 0.1) is 0 Å². The van der Waals surface area contributed by atoms with Gasteiger partial charge in [0.2, 0.25) is 0 Å². The van der Waals surface area contributed by atoms with E-state index in [0.29, 0.717) is 11.8 Å². The highest BCUT2D eigenvalue weighted by Crippen LogP contribution is 2.32. The smallest absolute Gasteiger partial charge is 0.279 e. The summed E-state index contributed by atoms with van der Waals surface area (Å²) in [5.74, 6) is 1.65. The predicted octanol–water partition coefficient (Wildman–Crippen LogP) is 5.82. The summed E-state index contributed by atoms with van der Waals surface area (Å²) in [7, 11) is 0. The Bertz CT molecular complexity index is 1050. The van der Waals surface area contributed by atoms with Crippen molar-refractivity contribution in [2.24, 2.45) is 0 Å². The SMILES string of the molecule is c1ccc2sc(Oc3ccc(OCCN(CCCn4cccc4)C4CC4)cc3)nc2c1. The van der Waals surface area contributed by atoms with Crippen molar-refractivity contribution in [2.75, 3.05) is 19.7 Å². The van der Waals surface area contributed by atoms with E-state index >= 15 is 0 Å². The molecule has 1 aliphatic carbocycles. The van der Waals surface area contributed by atoms with Gasteiger partial charge >= 0.3 is 0 Å². The number of thiazole rings is 1. The third kappa shape index (κ3) is 5.46. The van der Waals surface area contributed by atoms with Gasteiger partial charge in [-0.05, 0) is 67.8 Å². The Morgan fingerprint density at radius 3 is 2.48 bits per heavy atom. The summed E-state index contributed by atoms with van der Waals surface area (Å²) in [6, 6.07) is 20.8. The lowest BCUT2D eigenvalue weighted by Gasteiger charge is -2.22. The summed E-state index contributed by atoms with van der Waals surface area (Å²) in [6.07, 6.45) is 8.08. The third-order valence-electron chi connectivity index (χ3n) is 5.54. The van der Waals surface area contributed by atoms with Crippen molar-refractivity contribution < 1.29 is 9.47 Å². The molecule has 0 amide bonds. The largest absolute Gasteiger partial charge is 0.492 e. The van der Waals surface area contributed by atoms with Gasteiger partial charge in [0.15, 0.2) is 0 Å². The summed E-state index contributed by atoms with van der Waals surface area (Å²) in [5.41, 5.74) is 0.969. The second-order valence-corrected chi connectivity index (χ2v) is 8.90. The minimum atomic E-state index is 0.662. The number of hydrogen-bond donors (Lipinski definition) is 0. The molecule has 0 radical (unpaired) electrons. The molecule has 31 heavy (non-hydrogen) atoms. The van der Waals surface area contributed by atoms with Crippen LogP contribution in [0.3, 0.4) is 0 Å². The first-order valence-corrected chi connectivity index (χ1v) is 11.8. The van der Waals surface area contributed by atoms with Crippen molar-refractivity contribution in [1.29, 1.82) is 0 Å². The Hall–Kier alpha value is -2.83. The van der Waals surface area contributed by atoms with Gasteiger partial charge in [0.25, 0.3) is 5.19 Å². The van der Waals surface area contributed by atoms with Gasteiger partial charge in [-0.3, -0.25) is 4.90 Å². The highest BCUT2D eigenvalue weighted by Gasteiger charge is 2.28. The molecule has 160 valence electrons. The lowest BCUT2D eigenvalue weighted by atomic mass is 10.3. The van der Waals surface area contributed by atoms with Crippen LogP contribution in [-0.2, 0) is 6.54 Å². The summed E-state index contributed by atoms with van der Waals surface area (Å²) in [6.45, 7) is 3.88. The quantitative estimate of drug-likeness (QED) is 0.299. The second kappa shape index (κ2) is 9.54. The number of benzene rings is 2. The van der Waals surface area contributed by atoms with Gasteiger partial charge in [-0.15, -0.1) is 0 Å². The van der Waals surface area contributed by atoms with E-state index in [1.54, 1.807) is 11.3 Å². The molecule has 0 aliphatic heterocycles. The van der Waals surface area contributed by atoms with Gasteiger partial charge < -0.3 is 14.0 Å². The number of aryl methyl sites for hydroxylation is 1. The molecule has 5 rings (SSSR count). The number of fused-ring (bicyclic) bond motifs is 1. The first-order valence-electron chi connectivity index (χ1n) is 10.9. The van der Waals surface area contributed by atoms with Gasteiger partial charge in [-0.1, -0.05) is 23.5 Å². The van der Waals surface area contributed by atoms with Crippen LogP contribution in [0.4, 0.5) is 0 Å². The third-order valence-corrected chi connectivity index (χ3v) is 6.46. The molecule has 0 atom stereocenters. The van der Waals surface area contributed by atoms with Crippen molar-refractivity contribution >= 4 is 21.6 Å². The van der Waals surface area contributed by atoms with E-state index in [4.69, 9.17) is 9.47 Å². The van der Waals surface area contributed by atoms with Gasteiger partial charge in [0.1, 0.15) is 18.1 Å². The fourth-order valence-electron chi connectivity index (χ4n) is 3.77. The molecule has 1 fully saturated rings. The van der Waals surface area contributed by atoms with E-state index in [9.17, 15) is 0 Å². The molecule has 2 heterocycles. The summed E-state index contributed by atoms with van der Waals surface area (Å²) < 4.78 is 15.3. The van der Waals surface area contributed by atoms with Crippen LogP contribution in [0.25, 0.3) is 10.2 Å². The highest BCUT2D eigenvalue weighted by atomic mass is 32.1. The second-order valence-electron chi connectivity index (χ2n) is 7.91. The lowest BCUT2D eigenvalue weighted by molar-refractivity contribution is 0.197. The molecular weight excluding hydrogens is 406 g/mol. The standard InChI is InChI=1S/C25H27N3O2S/c1-2-7-24-23(6-1)26-25(31-24)30-22-12-10-21(11-13-22)29-19-18-28(20-8-9-20)17-5-16-27-14-3-4-15-27/h1-4,6-7,10-15,20H,5,8-9,16-19H2. The Kier molecular flexibility index (Phi) is 6.18. The fraction of sp³-hybridized carbons (Fsp3) is 0.320. The minimum Gasteiger partial charge on any atom is -0.492 e. The Balaban J connectivity index is 1.08. The average Bonchev–Trinajstić information content (AvgIpc) is 3.34. The van der Waals surface area contributed by atoms with Crippen LogP contribution in [0.1, 0.15) is 19.3 Å². The number of para-hydroxylation sites is 1. The predicted molar refractivity (Wildman–Crippen MR) is 125 cm³/mol. The number of nitrogens with zero attached hydrogens (tertiary/aromatic N) is 3. The zero-order chi connectivity index (χ0) is 20.9. The van der Waals surface area contributed by atoms with E-state index in [-0.39, 0.29) is 0 Å². The maximum Gasteiger partial charge on any atom is 0.279 e. The molecule has 1 saturated carbocycles. The number of hydrogen-bond acceptors (Lipinski definition) is 5. The topological polar surface area (TPSA) is 39.5 Å². The molecule has 2 aromatic heterocycles. The molecule has 2 aromatic carbocycles. The maximum atomic E-state index is 6.00. The zero-order valence-electron chi connectivity index (χ0n) is 17.5. The summed E-state index contributed by atoms with van der Waals surface area (Å²) >= 11 is 1.56. The van der Waals surface area contributed by atoms with Crippen molar-refractivity contribution in [3.05, 3.63) is 73.1 Å². The van der Waals surface area contributed by atoms with Crippen LogP contribution < -0.4 is 9.47 Å². The average molecular weight is 434 g/mol. The zero-order valence-corrected chi connectivity index (χ0v) is 18.3. The highest BCUT2D eigenvalue weighted by molar-refractivity contribution is 7.20. The Morgan fingerprint density at radius 1 is 0.935 bits per heavy atom. The van der Waals surface area contributed by atoms with E-state index in [1.807, 2.05) is 42.5 Å². The molecule has 0 saturated heterocycles. The molecule has 0 unspecified atom stereocenters. The number of aromatic nitrogens is 2. The molecular formula is C25H27N3O2S. The number of rotatable bonds is 11. The van der Waals surface area contributed by atoms with Gasteiger partial charge in [0, 0.05) is 38.1 Å². The van der Waals surface area contributed by atoms with Gasteiger partial charge in [0.05, 0.1) is 10.2 Å². The van der Waals surface area contributed by atoms with Crippen molar-refractivity contribution in [2.45, 2.75) is 31.8 Å². The monoisotopic (exact) mass is 433 g/mol. The fourth-order valence-corrected chi connectivity index (χ4v) is 4.61. The first-order chi connectivity index (χ1) is 15.3. The normalized spacial score (nSPS) is 13.7. The van der Waals surface area contributed by atoms with E-state index < -0.39 is 0 Å². The molecule has 0 N–H and O–H groups in total. The van der Waals surface area contributed by atoms with Crippen LogP contribution in [0.15, 0.2) is 73.1 Å². The molecule has 0 spiro atoms. The van der Waals surface area contributed by atoms with Gasteiger partial charge in [-0.2, -0.15) is 0 Å². The van der Waals surface area contributed by atoms with Crippen LogP contribution >= 0.6 is 11.3 Å². The minimum absolute atomic E-state index is 0.662. The first kappa shape index (κ1) is 20.1. The lowest BCUT2D eigenvalue weighted by Crippen LogP contribution is -2.32. The maximum absolute atomic E-state index is 6.00. The van der Waals surface area contributed by atoms with E-state index in [0.717, 1.165) is 47.4 Å².